The van der Waals surface area contributed by atoms with Crippen LogP contribution in [0.2, 0.25) is 5.04 Å². The molecule has 0 saturated carbocycles. The van der Waals surface area contributed by atoms with Crippen molar-refractivity contribution < 1.29 is 9.22 Å². The van der Waals surface area contributed by atoms with E-state index in [1.54, 1.807) is 0 Å². The summed E-state index contributed by atoms with van der Waals surface area (Å²) >= 11 is 0. The molecule has 30 heavy (non-hydrogen) atoms. The SMILES string of the molecule is CCC(=O)/C(=C/C(CC)CO[Si](c1ccccc1)(c1ccccc1)C(C)(C)C)CC. The van der Waals surface area contributed by atoms with Crippen LogP contribution in [0.3, 0.4) is 0 Å². The van der Waals surface area contributed by atoms with Crippen molar-refractivity contribution >= 4 is 24.5 Å². The molecule has 0 N–H and O–H groups in total. The van der Waals surface area contributed by atoms with E-state index in [4.69, 9.17) is 4.43 Å². The van der Waals surface area contributed by atoms with E-state index in [1.165, 1.54) is 10.4 Å². The van der Waals surface area contributed by atoms with Gasteiger partial charge in [0, 0.05) is 13.0 Å². The minimum absolute atomic E-state index is 0.0372. The normalized spacial score (nSPS) is 13.9. The molecule has 0 fully saturated rings. The fourth-order valence-corrected chi connectivity index (χ4v) is 8.82. The molecule has 0 amide bonds. The lowest BCUT2D eigenvalue weighted by Gasteiger charge is -2.43. The van der Waals surface area contributed by atoms with Crippen molar-refractivity contribution in [1.82, 2.24) is 0 Å². The number of rotatable bonds is 10. The first-order chi connectivity index (χ1) is 14.3. The molecular weight excluding hydrogens is 384 g/mol. The van der Waals surface area contributed by atoms with Crippen LogP contribution in [0, 0.1) is 5.92 Å². The topological polar surface area (TPSA) is 26.3 Å². The van der Waals surface area contributed by atoms with Gasteiger partial charge in [-0.15, -0.1) is 0 Å². The molecule has 0 heterocycles. The summed E-state index contributed by atoms with van der Waals surface area (Å²) in [6.45, 7) is 13.7. The zero-order valence-electron chi connectivity index (χ0n) is 19.6. The molecule has 0 bridgehead atoms. The van der Waals surface area contributed by atoms with Crippen LogP contribution < -0.4 is 10.4 Å². The van der Waals surface area contributed by atoms with Gasteiger partial charge in [-0.3, -0.25) is 4.79 Å². The highest BCUT2D eigenvalue weighted by Crippen LogP contribution is 2.37. The third-order valence-corrected chi connectivity index (χ3v) is 11.0. The standard InChI is InChI=1S/C27H38O2Si/c1-7-22(20-23(8-2)26(28)9-3)21-29-30(27(4,5)6,24-16-12-10-13-17-24)25-18-14-11-15-19-25/h10-20,22H,7-9,21H2,1-6H3/b23-20+. The minimum atomic E-state index is -2.54. The van der Waals surface area contributed by atoms with Gasteiger partial charge in [-0.1, -0.05) is 108 Å². The highest BCUT2D eigenvalue weighted by atomic mass is 28.4. The molecule has 0 spiro atoms. The van der Waals surface area contributed by atoms with Crippen molar-refractivity contribution in [3.63, 3.8) is 0 Å². The van der Waals surface area contributed by atoms with E-state index in [1.807, 2.05) is 6.92 Å². The fourth-order valence-electron chi connectivity index (χ4n) is 4.20. The predicted octanol–water partition coefficient (Wildman–Crippen LogP) is 5.90. The van der Waals surface area contributed by atoms with Gasteiger partial charge in [-0.05, 0) is 39.7 Å². The fraction of sp³-hybridized carbons (Fsp3) is 0.444. The lowest BCUT2D eigenvalue weighted by Crippen LogP contribution is -2.66. The van der Waals surface area contributed by atoms with Gasteiger partial charge in [0.25, 0.3) is 8.32 Å². The van der Waals surface area contributed by atoms with Crippen molar-refractivity contribution in [3.8, 4) is 0 Å². The van der Waals surface area contributed by atoms with E-state index < -0.39 is 8.32 Å². The molecule has 0 aliphatic heterocycles. The summed E-state index contributed by atoms with van der Waals surface area (Å²) in [7, 11) is -2.54. The molecule has 0 saturated heterocycles. The molecule has 162 valence electrons. The van der Waals surface area contributed by atoms with Gasteiger partial charge >= 0.3 is 0 Å². The average Bonchev–Trinajstić information content (AvgIpc) is 2.76. The van der Waals surface area contributed by atoms with Crippen LogP contribution in [0.5, 0.6) is 0 Å². The number of Topliss-reactive ketones (excluding diaryl/α,β-unsaturated/α-hetero) is 1. The van der Waals surface area contributed by atoms with Gasteiger partial charge in [0.2, 0.25) is 0 Å². The van der Waals surface area contributed by atoms with Crippen molar-refractivity contribution in [3.05, 3.63) is 72.3 Å². The number of allylic oxidation sites excluding steroid dienone is 1. The second kappa shape index (κ2) is 10.9. The van der Waals surface area contributed by atoms with E-state index in [2.05, 4.69) is 101 Å². The Bertz CT molecular complexity index is 779. The maximum absolute atomic E-state index is 12.3. The Kier molecular flexibility index (Phi) is 8.81. The molecule has 2 aromatic carbocycles. The van der Waals surface area contributed by atoms with Gasteiger partial charge in [0.05, 0.1) is 0 Å². The minimum Gasteiger partial charge on any atom is -0.407 e. The highest BCUT2D eigenvalue weighted by molar-refractivity contribution is 6.99. The van der Waals surface area contributed by atoms with Crippen LogP contribution in [-0.2, 0) is 9.22 Å². The summed E-state index contributed by atoms with van der Waals surface area (Å²) in [6.07, 6.45) is 4.47. The lowest BCUT2D eigenvalue weighted by atomic mass is 9.99. The molecule has 1 unspecified atom stereocenters. The largest absolute Gasteiger partial charge is 0.407 e. The van der Waals surface area contributed by atoms with Crippen LogP contribution in [-0.4, -0.2) is 20.7 Å². The van der Waals surface area contributed by atoms with Crippen molar-refractivity contribution in [2.75, 3.05) is 6.61 Å². The van der Waals surface area contributed by atoms with Crippen molar-refractivity contribution in [2.24, 2.45) is 5.92 Å². The molecule has 0 aliphatic rings. The Morgan fingerprint density at radius 1 is 0.900 bits per heavy atom. The Morgan fingerprint density at radius 3 is 1.77 bits per heavy atom. The van der Waals surface area contributed by atoms with Gasteiger partial charge in [-0.2, -0.15) is 0 Å². The van der Waals surface area contributed by atoms with Gasteiger partial charge in [-0.25, -0.2) is 0 Å². The monoisotopic (exact) mass is 422 g/mol. The summed E-state index contributed by atoms with van der Waals surface area (Å²) in [5.74, 6) is 0.485. The average molecular weight is 423 g/mol. The summed E-state index contributed by atoms with van der Waals surface area (Å²) < 4.78 is 7.06. The molecule has 2 rings (SSSR count). The summed E-state index contributed by atoms with van der Waals surface area (Å²) in [5, 5.41) is 2.55. The van der Waals surface area contributed by atoms with Crippen LogP contribution in [0.25, 0.3) is 0 Å². The van der Waals surface area contributed by atoms with E-state index >= 15 is 0 Å². The smallest absolute Gasteiger partial charge is 0.261 e. The molecule has 1 atom stereocenters. The van der Waals surface area contributed by atoms with E-state index in [0.29, 0.717) is 13.0 Å². The third kappa shape index (κ3) is 5.38. The molecule has 0 radical (unpaired) electrons. The second-order valence-corrected chi connectivity index (χ2v) is 13.3. The number of ketones is 1. The van der Waals surface area contributed by atoms with E-state index in [-0.39, 0.29) is 16.7 Å². The Labute approximate surface area is 184 Å². The summed E-state index contributed by atoms with van der Waals surface area (Å²) in [4.78, 5) is 12.3. The van der Waals surface area contributed by atoms with Gasteiger partial charge in [0.1, 0.15) is 0 Å². The molecule has 2 nitrogen and oxygen atoms in total. The molecule has 0 aromatic heterocycles. The first kappa shape index (κ1) is 24.3. The van der Waals surface area contributed by atoms with Crippen LogP contribution >= 0.6 is 0 Å². The quantitative estimate of drug-likeness (QED) is 0.352. The maximum atomic E-state index is 12.3. The number of hydrogen-bond donors (Lipinski definition) is 0. The van der Waals surface area contributed by atoms with Crippen LogP contribution in [0.15, 0.2) is 72.3 Å². The first-order valence-corrected chi connectivity index (χ1v) is 13.2. The molecular formula is C27H38O2Si. The third-order valence-electron chi connectivity index (χ3n) is 5.95. The van der Waals surface area contributed by atoms with E-state index in [0.717, 1.165) is 18.4 Å². The Hall–Kier alpha value is -1.97. The van der Waals surface area contributed by atoms with Crippen LogP contribution in [0.4, 0.5) is 0 Å². The summed E-state index contributed by atoms with van der Waals surface area (Å²) in [5.41, 5.74) is 0.940. The molecule has 0 aliphatic carbocycles. The van der Waals surface area contributed by atoms with Crippen molar-refractivity contribution in [1.29, 1.82) is 0 Å². The number of benzene rings is 2. The Morgan fingerprint density at radius 2 is 1.40 bits per heavy atom. The van der Waals surface area contributed by atoms with Crippen molar-refractivity contribution in [2.45, 2.75) is 65.8 Å². The zero-order chi connectivity index (χ0) is 22.2. The number of carbonyl (C=O) groups excluding carboxylic acids is 1. The molecule has 2 aromatic rings. The van der Waals surface area contributed by atoms with Gasteiger partial charge in [0.15, 0.2) is 5.78 Å². The molecule has 3 heteroatoms. The second-order valence-electron chi connectivity index (χ2n) is 8.96. The number of carbonyl (C=O) groups is 1. The zero-order valence-corrected chi connectivity index (χ0v) is 20.6. The van der Waals surface area contributed by atoms with Crippen LogP contribution in [0.1, 0.15) is 60.8 Å². The van der Waals surface area contributed by atoms with Gasteiger partial charge < -0.3 is 4.43 Å². The predicted molar refractivity (Wildman–Crippen MR) is 131 cm³/mol. The highest BCUT2D eigenvalue weighted by Gasteiger charge is 2.50. The van der Waals surface area contributed by atoms with E-state index in [9.17, 15) is 4.79 Å². The first-order valence-electron chi connectivity index (χ1n) is 11.3. The summed E-state index contributed by atoms with van der Waals surface area (Å²) in [6, 6.07) is 21.5. The lowest BCUT2D eigenvalue weighted by molar-refractivity contribution is -0.115. The number of hydrogen-bond acceptors (Lipinski definition) is 2. The Balaban J connectivity index is 2.50. The maximum Gasteiger partial charge on any atom is 0.261 e.